The summed E-state index contributed by atoms with van der Waals surface area (Å²) in [6, 6.07) is 13.9. The molecule has 3 rings (SSSR count). The van der Waals surface area contributed by atoms with E-state index in [1.165, 1.54) is 7.11 Å². The highest BCUT2D eigenvalue weighted by Crippen LogP contribution is 2.29. The van der Waals surface area contributed by atoms with Crippen LogP contribution in [0, 0.1) is 0 Å². The number of rotatable bonds is 5. The molecule has 2 aromatic rings. The number of benzene rings is 2. The van der Waals surface area contributed by atoms with Gasteiger partial charge in [0, 0.05) is 5.69 Å². The Hall–Kier alpha value is -3.00. The molecule has 1 aliphatic rings. The van der Waals surface area contributed by atoms with Crippen molar-refractivity contribution < 1.29 is 19.1 Å². The maximum Gasteiger partial charge on any atom is 0.323 e. The average molecular weight is 371 g/mol. The fraction of sp³-hybridized carbons (Fsp3) is 0.167. The topological polar surface area (TPSA) is 96.5 Å². The molecule has 1 fully saturated rings. The molecule has 0 bridgehead atoms. The van der Waals surface area contributed by atoms with Crippen LogP contribution in [0.15, 0.2) is 48.5 Å². The Bertz CT molecular complexity index is 842. The summed E-state index contributed by atoms with van der Waals surface area (Å²) >= 11 is 0.969. The Kier molecular flexibility index (Phi) is 5.43. The number of ether oxygens (including phenoxy) is 1. The van der Waals surface area contributed by atoms with E-state index in [2.05, 4.69) is 16.0 Å². The summed E-state index contributed by atoms with van der Waals surface area (Å²) in [5, 5.41) is 6.93. The Labute approximate surface area is 154 Å². The van der Waals surface area contributed by atoms with E-state index in [4.69, 9.17) is 4.74 Å². The highest BCUT2D eigenvalue weighted by atomic mass is 32.2. The number of thioether (sulfide) groups is 1. The molecular weight excluding hydrogens is 354 g/mol. The molecule has 26 heavy (non-hydrogen) atoms. The number of para-hydroxylation sites is 1. The van der Waals surface area contributed by atoms with Crippen molar-refractivity contribution in [1.29, 1.82) is 0 Å². The molecule has 0 aromatic heterocycles. The van der Waals surface area contributed by atoms with Gasteiger partial charge in [-0.15, -0.1) is 0 Å². The van der Waals surface area contributed by atoms with E-state index in [1.807, 2.05) is 18.2 Å². The van der Waals surface area contributed by atoms with Crippen LogP contribution in [0.25, 0.3) is 0 Å². The zero-order valence-corrected chi connectivity index (χ0v) is 14.8. The molecule has 1 atom stereocenters. The molecule has 134 valence electrons. The Morgan fingerprint density at radius 1 is 1.15 bits per heavy atom. The van der Waals surface area contributed by atoms with Crippen LogP contribution in [0.5, 0.6) is 5.75 Å². The van der Waals surface area contributed by atoms with E-state index < -0.39 is 11.3 Å². The predicted molar refractivity (Wildman–Crippen MR) is 101 cm³/mol. The third-order valence-electron chi connectivity index (χ3n) is 3.73. The van der Waals surface area contributed by atoms with E-state index in [0.29, 0.717) is 23.5 Å². The second-order valence-corrected chi connectivity index (χ2v) is 6.74. The lowest BCUT2D eigenvalue weighted by Crippen LogP contribution is -2.25. The van der Waals surface area contributed by atoms with Gasteiger partial charge in [-0.05, 0) is 36.2 Å². The van der Waals surface area contributed by atoms with Crippen molar-refractivity contribution in [1.82, 2.24) is 5.32 Å². The van der Waals surface area contributed by atoms with Crippen LogP contribution in [-0.4, -0.2) is 29.5 Å². The van der Waals surface area contributed by atoms with Gasteiger partial charge >= 0.3 is 6.03 Å². The van der Waals surface area contributed by atoms with Crippen LogP contribution < -0.4 is 20.7 Å². The van der Waals surface area contributed by atoms with Gasteiger partial charge in [-0.3, -0.25) is 14.9 Å². The zero-order chi connectivity index (χ0) is 18.5. The fourth-order valence-electron chi connectivity index (χ4n) is 2.53. The minimum Gasteiger partial charge on any atom is -0.495 e. The Balaban J connectivity index is 1.72. The van der Waals surface area contributed by atoms with E-state index in [9.17, 15) is 14.4 Å². The van der Waals surface area contributed by atoms with Gasteiger partial charge < -0.3 is 15.4 Å². The van der Waals surface area contributed by atoms with Gasteiger partial charge in [-0.25, -0.2) is 4.79 Å². The normalized spacial score (nSPS) is 16.1. The number of anilines is 2. The summed E-state index contributed by atoms with van der Waals surface area (Å²) < 4.78 is 5.28. The number of carbonyl (C=O) groups excluding carboxylic acids is 3. The van der Waals surface area contributed by atoms with Gasteiger partial charge in [-0.1, -0.05) is 36.0 Å². The number of carbonyl (C=O) groups is 3. The third kappa shape index (κ3) is 4.34. The lowest BCUT2D eigenvalue weighted by Gasteiger charge is -2.13. The number of amides is 4. The lowest BCUT2D eigenvalue weighted by atomic mass is 10.1. The molecule has 1 unspecified atom stereocenters. The van der Waals surface area contributed by atoms with Crippen LogP contribution in [-0.2, 0) is 11.2 Å². The first-order valence-corrected chi connectivity index (χ1v) is 8.74. The molecule has 0 aliphatic carbocycles. The molecular formula is C18H17N3O4S. The van der Waals surface area contributed by atoms with Crippen molar-refractivity contribution in [3.05, 3.63) is 54.1 Å². The second-order valence-electron chi connectivity index (χ2n) is 5.57. The predicted octanol–water partition coefficient (Wildman–Crippen LogP) is 3.23. The molecule has 2 aromatic carbocycles. The fourth-order valence-corrected chi connectivity index (χ4v) is 3.39. The standard InChI is InChI=1S/C18H17N3O4S/c1-25-14-8-7-11(10-15-16(22)21-18(24)26-15)9-13(14)20-17(23)19-12-5-3-2-4-6-12/h2-9,15H,10H2,1H3,(H2,19,20,23)(H,21,22,24). The Morgan fingerprint density at radius 2 is 1.92 bits per heavy atom. The van der Waals surface area contributed by atoms with Gasteiger partial charge in [0.25, 0.3) is 5.24 Å². The summed E-state index contributed by atoms with van der Waals surface area (Å²) in [6.45, 7) is 0. The number of urea groups is 1. The van der Waals surface area contributed by atoms with Gasteiger partial charge in [0.15, 0.2) is 0 Å². The molecule has 8 heteroatoms. The number of methoxy groups -OCH3 is 1. The van der Waals surface area contributed by atoms with Crippen LogP contribution in [0.1, 0.15) is 5.56 Å². The van der Waals surface area contributed by atoms with Crippen molar-refractivity contribution in [3.63, 3.8) is 0 Å². The average Bonchev–Trinajstić information content (AvgIpc) is 2.93. The SMILES string of the molecule is COc1ccc(CC2SC(=O)NC2=O)cc1NC(=O)Nc1ccccc1. The largest absolute Gasteiger partial charge is 0.495 e. The summed E-state index contributed by atoms with van der Waals surface area (Å²) in [4.78, 5) is 35.2. The van der Waals surface area contributed by atoms with E-state index >= 15 is 0 Å². The molecule has 7 nitrogen and oxygen atoms in total. The first-order chi connectivity index (χ1) is 12.5. The summed E-state index contributed by atoms with van der Waals surface area (Å²) in [6.07, 6.45) is 0.376. The number of nitrogens with one attached hydrogen (secondary N) is 3. The van der Waals surface area contributed by atoms with Crippen molar-refractivity contribution in [2.45, 2.75) is 11.7 Å². The molecule has 1 aliphatic heterocycles. The maximum atomic E-state index is 12.2. The number of hydrogen-bond donors (Lipinski definition) is 3. The van der Waals surface area contributed by atoms with E-state index in [-0.39, 0.29) is 11.1 Å². The number of imide groups is 1. The van der Waals surface area contributed by atoms with Crippen molar-refractivity contribution >= 4 is 40.3 Å². The summed E-state index contributed by atoms with van der Waals surface area (Å²) in [5.41, 5.74) is 1.95. The minimum atomic E-state index is -0.470. The van der Waals surface area contributed by atoms with Gasteiger partial charge in [-0.2, -0.15) is 0 Å². The summed E-state index contributed by atoms with van der Waals surface area (Å²) in [5.74, 6) is 0.198. The molecule has 0 radical (unpaired) electrons. The van der Waals surface area contributed by atoms with Gasteiger partial charge in [0.1, 0.15) is 5.75 Å². The van der Waals surface area contributed by atoms with Gasteiger partial charge in [0.2, 0.25) is 5.91 Å². The van der Waals surface area contributed by atoms with E-state index in [1.54, 1.807) is 30.3 Å². The molecule has 4 amide bonds. The number of hydrogen-bond acceptors (Lipinski definition) is 5. The molecule has 0 spiro atoms. The quantitative estimate of drug-likeness (QED) is 0.750. The molecule has 3 N–H and O–H groups in total. The highest BCUT2D eigenvalue weighted by Gasteiger charge is 2.31. The second kappa shape index (κ2) is 7.92. The van der Waals surface area contributed by atoms with Crippen molar-refractivity contribution in [2.75, 3.05) is 17.7 Å². The highest BCUT2D eigenvalue weighted by molar-refractivity contribution is 8.15. The monoisotopic (exact) mass is 371 g/mol. The lowest BCUT2D eigenvalue weighted by molar-refractivity contribution is -0.118. The first kappa shape index (κ1) is 17.8. The van der Waals surface area contributed by atoms with Crippen LogP contribution in [0.3, 0.4) is 0 Å². The van der Waals surface area contributed by atoms with Crippen LogP contribution in [0.2, 0.25) is 0 Å². The first-order valence-electron chi connectivity index (χ1n) is 7.86. The smallest absolute Gasteiger partial charge is 0.323 e. The minimum absolute atomic E-state index is 0.299. The zero-order valence-electron chi connectivity index (χ0n) is 13.9. The van der Waals surface area contributed by atoms with Crippen molar-refractivity contribution in [2.24, 2.45) is 0 Å². The van der Waals surface area contributed by atoms with E-state index in [0.717, 1.165) is 17.3 Å². The van der Waals surface area contributed by atoms with Crippen LogP contribution in [0.4, 0.5) is 21.0 Å². The Morgan fingerprint density at radius 3 is 2.58 bits per heavy atom. The molecule has 1 saturated heterocycles. The van der Waals surface area contributed by atoms with Crippen molar-refractivity contribution in [3.8, 4) is 5.75 Å². The maximum absolute atomic E-state index is 12.2. The summed E-state index contributed by atoms with van der Waals surface area (Å²) in [7, 11) is 1.51. The third-order valence-corrected chi connectivity index (χ3v) is 4.71. The molecule has 1 heterocycles. The van der Waals surface area contributed by atoms with Gasteiger partial charge in [0.05, 0.1) is 18.0 Å². The molecule has 0 saturated carbocycles. The van der Waals surface area contributed by atoms with Crippen LogP contribution >= 0.6 is 11.8 Å².